The molecule has 1 atom stereocenters. The Morgan fingerprint density at radius 3 is 2.30 bits per heavy atom. The van der Waals surface area contributed by atoms with E-state index in [9.17, 15) is 13.9 Å². The molecule has 0 radical (unpaired) electrons. The van der Waals surface area contributed by atoms with Gasteiger partial charge in [-0.1, -0.05) is 18.2 Å². The minimum absolute atomic E-state index is 0.0779. The van der Waals surface area contributed by atoms with E-state index >= 15 is 0 Å². The van der Waals surface area contributed by atoms with Crippen LogP contribution in [0.4, 0.5) is 8.78 Å². The van der Waals surface area contributed by atoms with Gasteiger partial charge in [0, 0.05) is 17.0 Å². The van der Waals surface area contributed by atoms with E-state index in [4.69, 9.17) is 4.74 Å². The molecule has 0 saturated heterocycles. The Balaban J connectivity index is 2.51. The van der Waals surface area contributed by atoms with Gasteiger partial charge in [-0.3, -0.25) is 0 Å². The first-order chi connectivity index (χ1) is 9.58. The number of halogens is 2. The van der Waals surface area contributed by atoms with Crippen LogP contribution in [0.2, 0.25) is 0 Å². The molecule has 0 aliphatic rings. The summed E-state index contributed by atoms with van der Waals surface area (Å²) in [5.74, 6) is -1.58. The molecule has 106 valence electrons. The van der Waals surface area contributed by atoms with Crippen LogP contribution in [-0.2, 0) is 0 Å². The van der Waals surface area contributed by atoms with Gasteiger partial charge in [0.05, 0.1) is 12.7 Å². The summed E-state index contributed by atoms with van der Waals surface area (Å²) in [5, 5.41) is 10.3. The molecular weight excluding hydrogens is 282 g/mol. The van der Waals surface area contributed by atoms with E-state index in [1.54, 1.807) is 18.2 Å². The molecule has 0 spiro atoms. The molecule has 0 saturated carbocycles. The number of hydrogen-bond acceptors (Lipinski definition) is 3. The summed E-state index contributed by atoms with van der Waals surface area (Å²) in [6.07, 6.45) is 0.483. The largest absolute Gasteiger partial charge is 0.497 e. The molecule has 0 aliphatic carbocycles. The normalized spacial score (nSPS) is 12.2. The zero-order valence-corrected chi connectivity index (χ0v) is 11.9. The van der Waals surface area contributed by atoms with Crippen LogP contribution >= 0.6 is 11.8 Å². The molecule has 0 aliphatic heterocycles. The Morgan fingerprint density at radius 2 is 1.75 bits per heavy atom. The van der Waals surface area contributed by atoms with E-state index in [1.165, 1.54) is 18.9 Å². The second-order valence-electron chi connectivity index (χ2n) is 4.15. The summed E-state index contributed by atoms with van der Waals surface area (Å²) >= 11 is 1.41. The van der Waals surface area contributed by atoms with Gasteiger partial charge in [0.1, 0.15) is 23.5 Å². The topological polar surface area (TPSA) is 29.5 Å². The molecular formula is C15H14F2O2S. The number of methoxy groups -OCH3 is 1. The van der Waals surface area contributed by atoms with E-state index in [0.717, 1.165) is 17.0 Å². The lowest BCUT2D eigenvalue weighted by Crippen LogP contribution is -2.07. The highest BCUT2D eigenvalue weighted by Crippen LogP contribution is 2.34. The number of thioether (sulfide) groups is 1. The summed E-state index contributed by atoms with van der Waals surface area (Å²) in [6, 6.07) is 9.09. The van der Waals surface area contributed by atoms with Crippen LogP contribution < -0.4 is 4.74 Å². The molecule has 2 nitrogen and oxygen atoms in total. The van der Waals surface area contributed by atoms with Crippen LogP contribution in [0.1, 0.15) is 17.2 Å². The molecule has 1 N–H and O–H groups in total. The van der Waals surface area contributed by atoms with Crippen molar-refractivity contribution in [3.05, 3.63) is 59.2 Å². The lowest BCUT2D eigenvalue weighted by atomic mass is 10.00. The van der Waals surface area contributed by atoms with Crippen molar-refractivity contribution in [2.75, 3.05) is 13.4 Å². The van der Waals surface area contributed by atoms with Crippen LogP contribution in [0, 0.1) is 11.6 Å². The number of aliphatic hydroxyl groups is 1. The Morgan fingerprint density at radius 1 is 1.15 bits per heavy atom. The third-order valence-corrected chi connectivity index (χ3v) is 3.81. The van der Waals surface area contributed by atoms with Crippen molar-refractivity contribution in [1.82, 2.24) is 0 Å². The first-order valence-electron chi connectivity index (χ1n) is 5.92. The maximum Gasteiger partial charge on any atom is 0.135 e. The van der Waals surface area contributed by atoms with Crippen molar-refractivity contribution in [3.8, 4) is 5.75 Å². The van der Waals surface area contributed by atoms with Crippen LogP contribution in [0.15, 0.2) is 41.3 Å². The number of hydrogen-bond donors (Lipinski definition) is 1. The fourth-order valence-electron chi connectivity index (χ4n) is 1.99. The molecule has 2 aromatic carbocycles. The van der Waals surface area contributed by atoms with Gasteiger partial charge >= 0.3 is 0 Å². The maximum atomic E-state index is 14.0. The van der Waals surface area contributed by atoms with E-state index < -0.39 is 17.7 Å². The standard InChI is InChI=1S/C15H14F2O2S/c1-19-9-7-11(16)14(12(17)8-9)15(18)10-5-3-4-6-13(10)20-2/h3-8,15,18H,1-2H3. The maximum absolute atomic E-state index is 14.0. The van der Waals surface area contributed by atoms with Gasteiger partial charge in [-0.15, -0.1) is 11.8 Å². The van der Waals surface area contributed by atoms with E-state index in [-0.39, 0.29) is 11.3 Å². The Labute approximate surface area is 120 Å². The monoisotopic (exact) mass is 296 g/mol. The third kappa shape index (κ3) is 2.78. The first-order valence-corrected chi connectivity index (χ1v) is 7.15. The van der Waals surface area contributed by atoms with Gasteiger partial charge in [0.2, 0.25) is 0 Å². The van der Waals surface area contributed by atoms with Crippen LogP contribution in [0.3, 0.4) is 0 Å². The van der Waals surface area contributed by atoms with Crippen molar-refractivity contribution in [2.24, 2.45) is 0 Å². The molecule has 0 fully saturated rings. The van der Waals surface area contributed by atoms with Gasteiger partial charge in [-0.2, -0.15) is 0 Å². The van der Waals surface area contributed by atoms with E-state index in [0.29, 0.717) is 5.56 Å². The summed E-state index contributed by atoms with van der Waals surface area (Å²) in [6.45, 7) is 0. The minimum Gasteiger partial charge on any atom is -0.497 e. The van der Waals surface area contributed by atoms with Crippen LogP contribution in [0.5, 0.6) is 5.75 Å². The highest BCUT2D eigenvalue weighted by atomic mass is 32.2. The summed E-state index contributed by atoms with van der Waals surface area (Å²) in [5.41, 5.74) is 0.107. The highest BCUT2D eigenvalue weighted by molar-refractivity contribution is 7.98. The predicted octanol–water partition coefficient (Wildman–Crippen LogP) is 3.78. The van der Waals surface area contributed by atoms with Crippen LogP contribution in [-0.4, -0.2) is 18.5 Å². The fourth-order valence-corrected chi connectivity index (χ4v) is 2.62. The average Bonchev–Trinajstić information content (AvgIpc) is 2.46. The van der Waals surface area contributed by atoms with Gasteiger partial charge in [0.25, 0.3) is 0 Å². The first kappa shape index (κ1) is 14.8. The number of rotatable bonds is 4. The van der Waals surface area contributed by atoms with Gasteiger partial charge < -0.3 is 9.84 Å². The Hall–Kier alpha value is -1.59. The molecule has 2 rings (SSSR count). The number of aliphatic hydroxyl groups excluding tert-OH is 1. The molecule has 0 heterocycles. The second-order valence-corrected chi connectivity index (χ2v) is 5.00. The molecule has 1 unspecified atom stereocenters. The fraction of sp³-hybridized carbons (Fsp3) is 0.200. The van der Waals surface area contributed by atoms with Gasteiger partial charge in [-0.25, -0.2) is 8.78 Å². The van der Waals surface area contributed by atoms with E-state index in [2.05, 4.69) is 0 Å². The van der Waals surface area contributed by atoms with Crippen molar-refractivity contribution in [2.45, 2.75) is 11.0 Å². The molecule has 20 heavy (non-hydrogen) atoms. The highest BCUT2D eigenvalue weighted by Gasteiger charge is 2.22. The Bertz CT molecular complexity index is 594. The molecule has 0 amide bonds. The summed E-state index contributed by atoms with van der Waals surface area (Å²) in [4.78, 5) is 0.773. The van der Waals surface area contributed by atoms with Gasteiger partial charge in [0.15, 0.2) is 0 Å². The molecule has 0 aromatic heterocycles. The lowest BCUT2D eigenvalue weighted by molar-refractivity contribution is 0.206. The van der Waals surface area contributed by atoms with Crippen molar-refractivity contribution in [3.63, 3.8) is 0 Å². The average molecular weight is 296 g/mol. The summed E-state index contributed by atoms with van der Waals surface area (Å²) < 4.78 is 32.8. The summed E-state index contributed by atoms with van der Waals surface area (Å²) in [7, 11) is 1.33. The zero-order chi connectivity index (χ0) is 14.7. The van der Waals surface area contributed by atoms with Crippen molar-refractivity contribution < 1.29 is 18.6 Å². The van der Waals surface area contributed by atoms with E-state index in [1.807, 2.05) is 12.3 Å². The quantitative estimate of drug-likeness (QED) is 0.871. The lowest BCUT2D eigenvalue weighted by Gasteiger charge is -2.16. The molecule has 0 bridgehead atoms. The second kappa shape index (κ2) is 6.24. The molecule has 2 aromatic rings. The smallest absolute Gasteiger partial charge is 0.135 e. The third-order valence-electron chi connectivity index (χ3n) is 3.00. The Kier molecular flexibility index (Phi) is 4.62. The zero-order valence-electron chi connectivity index (χ0n) is 11.1. The van der Waals surface area contributed by atoms with Crippen LogP contribution in [0.25, 0.3) is 0 Å². The number of ether oxygens (including phenoxy) is 1. The number of benzene rings is 2. The minimum atomic E-state index is -1.36. The molecule has 5 heteroatoms. The van der Waals surface area contributed by atoms with Crippen molar-refractivity contribution in [1.29, 1.82) is 0 Å². The van der Waals surface area contributed by atoms with Gasteiger partial charge in [-0.05, 0) is 17.9 Å². The van der Waals surface area contributed by atoms with Crippen molar-refractivity contribution >= 4 is 11.8 Å². The SMILES string of the molecule is COc1cc(F)c(C(O)c2ccccc2SC)c(F)c1. The predicted molar refractivity (Wildman–Crippen MR) is 75.2 cm³/mol.